The Hall–Kier alpha value is -15.1. The third-order valence-electron chi connectivity index (χ3n) is 23.1. The number of hydrogen-bond acceptors (Lipinski definition) is 22. The van der Waals surface area contributed by atoms with Crippen LogP contribution < -0.4 is 5.73 Å². The molecular weight excluding hydrogens is 1920 g/mol. The Morgan fingerprint density at radius 2 is 0.769 bits per heavy atom. The van der Waals surface area contributed by atoms with Crippen LogP contribution in [0.4, 0.5) is 5.69 Å². The van der Waals surface area contributed by atoms with Gasteiger partial charge in [0.15, 0.2) is 40.2 Å². The van der Waals surface area contributed by atoms with E-state index in [2.05, 4.69) is 118 Å². The molecule has 0 aliphatic heterocycles. The van der Waals surface area contributed by atoms with E-state index in [-0.39, 0.29) is 51.5 Å². The van der Waals surface area contributed by atoms with Crippen molar-refractivity contribution in [2.75, 3.05) is 52.3 Å². The summed E-state index contributed by atoms with van der Waals surface area (Å²) in [5.41, 5.74) is 29.5. The lowest BCUT2D eigenvalue weighted by molar-refractivity contribution is -0.114. The summed E-state index contributed by atoms with van der Waals surface area (Å²) in [5.74, 6) is 0.156. The van der Waals surface area contributed by atoms with Crippen LogP contribution in [-0.4, -0.2) is 160 Å². The van der Waals surface area contributed by atoms with Gasteiger partial charge in [0.25, 0.3) is 20.0 Å². The number of rotatable bonds is 34. The largest absolute Gasteiger partial charge is 0.399 e. The summed E-state index contributed by atoms with van der Waals surface area (Å²) < 4.78 is 55.1. The van der Waals surface area contributed by atoms with Crippen LogP contribution in [0.1, 0.15) is 141 Å². The van der Waals surface area contributed by atoms with Gasteiger partial charge in [-0.1, -0.05) is 206 Å². The maximum absolute atomic E-state index is 13.2. The molecule has 16 aromatic rings. The third-order valence-corrected chi connectivity index (χ3v) is 27.0. The number of alkyl halides is 1. The van der Waals surface area contributed by atoms with Crippen molar-refractivity contribution < 1.29 is 45.6 Å². The highest BCUT2D eigenvalue weighted by molar-refractivity contribution is 9.09. The average Bonchev–Trinajstić information content (AvgIpc) is 1.64. The molecule has 0 saturated carbocycles. The first-order valence-corrected chi connectivity index (χ1v) is 50.9. The highest BCUT2D eigenvalue weighted by atomic mass is 79.9. The SMILES string of the molecule is CCC.Cc1ccc(CC(=O)c2ccc(CC(=O)/C=C/CN(C)C)cc2)cc1Cc1cc(-c2cnc3c(c2)C=CC3)ncn1.Cc1ccc(CC(=O)c2ccc(CC(=O)/C=C/CN(C)C)cc2)cc1Cc1cc(-c2cnc3c(ccn3S(=O)(=O)c3ccccc3)c2)ncn1.Cc1ccc(CC(=O)c2ccc(N)cc2)cc1Cc1cc(-c2cnc3c(ccn3S(=O)(=O)c3ccccc3)c2)ncn1.O=C(Cl)/C=C/CBr. The van der Waals surface area contributed by atoms with Gasteiger partial charge < -0.3 is 15.5 Å². The molecule has 0 radical (unpaired) electrons. The zero-order valence-electron chi connectivity index (χ0n) is 81.0. The molecule has 1 aliphatic rings. The second-order valence-corrected chi connectivity index (χ2v) is 39.6. The van der Waals surface area contributed by atoms with E-state index in [1.807, 2.05) is 173 Å². The molecule has 17 rings (SSSR count). The number of nitrogens with two attached hydrogens (primary N) is 1. The van der Waals surface area contributed by atoms with Crippen LogP contribution in [-0.2, 0) is 92.2 Å². The smallest absolute Gasteiger partial charge is 0.269 e. The lowest BCUT2D eigenvalue weighted by Crippen LogP contribution is -2.12. The Morgan fingerprint density at radius 1 is 0.413 bits per heavy atom. The molecule has 0 saturated heterocycles. The normalized spacial score (nSPS) is 11.7. The van der Waals surface area contributed by atoms with Crippen LogP contribution in [0.3, 0.4) is 0 Å². The molecule has 8 aromatic heterocycles. The van der Waals surface area contributed by atoms with Crippen molar-refractivity contribution in [1.29, 1.82) is 0 Å². The first kappa shape index (κ1) is 105. The third kappa shape index (κ3) is 29.5. The van der Waals surface area contributed by atoms with Crippen LogP contribution in [0, 0.1) is 20.8 Å². The number of halogens is 2. The molecule has 0 atom stereocenters. The fourth-order valence-corrected chi connectivity index (χ4v) is 18.5. The lowest BCUT2D eigenvalue weighted by Gasteiger charge is -2.10. The summed E-state index contributed by atoms with van der Waals surface area (Å²) in [6.45, 7) is 11.8. The number of aryl methyl sites for hydroxylation is 3. The molecular formula is C115H110BrClN14O10S2. The Balaban J connectivity index is 0.000000172. The van der Waals surface area contributed by atoms with Crippen LogP contribution in [0.15, 0.2) is 339 Å². The Kier molecular flexibility index (Phi) is 37.0. The number of carbonyl (C=O) groups excluding carboxylic acids is 6. The number of ketones is 5. The Labute approximate surface area is 847 Å². The predicted octanol–water partition coefficient (Wildman–Crippen LogP) is 20.7. The van der Waals surface area contributed by atoms with Gasteiger partial charge in [-0.15, -0.1) is 0 Å². The van der Waals surface area contributed by atoms with Crippen molar-refractivity contribution in [1.82, 2.24) is 62.6 Å². The lowest BCUT2D eigenvalue weighted by atomic mass is 9.96. The minimum atomic E-state index is -3.79. The number of likely N-dealkylation sites (N-methyl/N-ethyl adjacent to an activating group) is 2. The number of carbonyl (C=O) groups is 6. The van der Waals surface area contributed by atoms with E-state index >= 15 is 0 Å². The predicted molar refractivity (Wildman–Crippen MR) is 570 cm³/mol. The van der Waals surface area contributed by atoms with Gasteiger partial charge in [0.1, 0.15) is 19.0 Å². The van der Waals surface area contributed by atoms with Crippen LogP contribution in [0.25, 0.3) is 61.9 Å². The molecule has 8 aromatic carbocycles. The van der Waals surface area contributed by atoms with Crippen molar-refractivity contribution in [3.63, 3.8) is 0 Å². The van der Waals surface area contributed by atoms with Crippen molar-refractivity contribution in [3.8, 4) is 33.8 Å². The van der Waals surface area contributed by atoms with E-state index in [1.54, 1.807) is 146 Å². The number of aromatic nitrogens is 11. The second kappa shape index (κ2) is 50.3. The topological polar surface area (TPSA) is 329 Å². The molecule has 24 nitrogen and oxygen atoms in total. The fourth-order valence-electron chi connectivity index (χ4n) is 15.6. The molecule has 2 N–H and O–H groups in total. The van der Waals surface area contributed by atoms with E-state index in [1.165, 1.54) is 45.5 Å². The number of benzene rings is 8. The number of Topliss-reactive ketones (excluding diaryl/α,β-unsaturated/α-hetero) is 3. The molecule has 28 heteroatoms. The molecule has 8 heterocycles. The highest BCUT2D eigenvalue weighted by Gasteiger charge is 2.24. The van der Waals surface area contributed by atoms with Gasteiger partial charge in [-0.3, -0.25) is 33.8 Å². The summed E-state index contributed by atoms with van der Waals surface area (Å²) in [5, 5.41) is 1.60. The molecule has 726 valence electrons. The molecule has 1 aliphatic carbocycles. The van der Waals surface area contributed by atoms with Crippen molar-refractivity contribution in [3.05, 3.63) is 435 Å². The molecule has 143 heavy (non-hydrogen) atoms. The number of nitrogens with zero attached hydrogens (tertiary/aromatic N) is 13. The minimum Gasteiger partial charge on any atom is -0.399 e. The fraction of sp³-hybridized carbons (Fsp3) is 0.191. The van der Waals surface area contributed by atoms with Crippen LogP contribution >= 0.6 is 27.5 Å². The minimum absolute atomic E-state index is 0.00109. The van der Waals surface area contributed by atoms with Crippen molar-refractivity contribution >= 4 is 116 Å². The van der Waals surface area contributed by atoms with E-state index in [0.717, 1.165) is 125 Å². The second-order valence-electron chi connectivity index (χ2n) is 35.0. The zero-order valence-corrected chi connectivity index (χ0v) is 85.0. The Morgan fingerprint density at radius 3 is 1.13 bits per heavy atom. The van der Waals surface area contributed by atoms with Gasteiger partial charge in [0.2, 0.25) is 5.24 Å². The van der Waals surface area contributed by atoms with Crippen LogP contribution in [0.5, 0.6) is 0 Å². The van der Waals surface area contributed by atoms with Gasteiger partial charge in [-0.2, -0.15) is 0 Å². The maximum Gasteiger partial charge on any atom is 0.269 e. The monoisotopic (exact) mass is 2020 g/mol. The summed E-state index contributed by atoms with van der Waals surface area (Å²) in [6, 6.07) is 71.6. The van der Waals surface area contributed by atoms with Gasteiger partial charge in [-0.05, 0) is 243 Å². The van der Waals surface area contributed by atoms with Gasteiger partial charge in [-0.25, -0.2) is 64.7 Å². The molecule has 0 fully saturated rings. The summed E-state index contributed by atoms with van der Waals surface area (Å²) >= 11 is 7.99. The molecule has 0 bridgehead atoms. The molecule has 0 spiro atoms. The number of nitrogen functional groups attached to an aromatic ring is 1. The summed E-state index contributed by atoms with van der Waals surface area (Å²) in [7, 11) is 0.254. The number of hydrogen-bond donors (Lipinski definition) is 1. The van der Waals surface area contributed by atoms with Crippen molar-refractivity contribution in [2.45, 2.75) is 109 Å². The van der Waals surface area contributed by atoms with Crippen LogP contribution in [0.2, 0.25) is 0 Å². The Bertz CT molecular complexity index is 7640. The number of anilines is 1. The van der Waals surface area contributed by atoms with E-state index in [9.17, 15) is 45.6 Å². The van der Waals surface area contributed by atoms with E-state index < -0.39 is 25.3 Å². The first-order valence-electron chi connectivity index (χ1n) is 46.5. The standard InChI is InChI=1S/C40H37N5O4S.C35H34N4O2.C33H27N5O3S.C4H4BrClO.C3H8/c1-28-11-12-30(22-39(47)31-15-13-29(14-16-31)21-36(46)8-7-18-44(2)3)20-33(28)24-35-25-38(43-27-42-35)34-23-32-17-19-45(40(32)41-26-34)50(48,49)37-9-5-4-6-10-37;1-24-9-10-26(18-35(41)27-13-11-25(12-14-27)17-32(40)7-5-15-39(2)3)16-29(24)20-31-21-34(38-23-37-31)30-19-28-6-4-8-33(28)36-22-30;1-22-7-8-23(16-32(39)24-9-11-28(34)12-10-24)15-26(22)18-29-19-31(37-21-36-29)27-17-25-13-14-38(33(25)35-20-27)42(40,41)30-5-3-2-4-6-30;5-3-1-2-4(6)7;1-3-2/h4-17,19-20,23,25-27H,18,21-22,24H2,1-3H3;4-7,9-14,16,19,21-23H,8,15,17-18,20H2,1-3H3;2-15,17,19-21H,16,18,34H2,1H3;1-2H,3H2;3H2,1-2H3/b8-7+;7-5+;;2-1+;. The van der Waals surface area contributed by atoms with Crippen molar-refractivity contribution in [2.24, 2.45) is 0 Å². The number of pyridine rings is 3. The quantitative estimate of drug-likeness (QED) is 0.0129. The summed E-state index contributed by atoms with van der Waals surface area (Å²) in [6.07, 6.45) is 32.2. The molecule has 0 amide bonds. The number of allylic oxidation sites excluding steroid dienone is 5. The van der Waals surface area contributed by atoms with E-state index in [0.29, 0.717) is 106 Å². The average molecular weight is 2030 g/mol. The molecule has 0 unspecified atom stereocenters. The highest BCUT2D eigenvalue weighted by Crippen LogP contribution is 2.32. The van der Waals surface area contributed by atoms with E-state index in [4.69, 9.17) is 17.3 Å². The summed E-state index contributed by atoms with van der Waals surface area (Å²) in [4.78, 5) is 118. The van der Waals surface area contributed by atoms with Gasteiger partial charge >= 0.3 is 0 Å². The zero-order chi connectivity index (χ0) is 102. The first-order chi connectivity index (χ1) is 68.9. The van der Waals surface area contributed by atoms with Gasteiger partial charge in [0.05, 0.1) is 32.6 Å². The van der Waals surface area contributed by atoms with Gasteiger partial charge in [0, 0.05) is 174 Å². The maximum atomic E-state index is 13.2. The number of fused-ring (bicyclic) bond motifs is 3.